The van der Waals surface area contributed by atoms with Gasteiger partial charge in [-0.25, -0.2) is 4.98 Å². The Bertz CT molecular complexity index is 1220. The number of hydrogen-bond acceptors (Lipinski definition) is 4. The van der Waals surface area contributed by atoms with E-state index in [4.69, 9.17) is 0 Å². The third-order valence-corrected chi connectivity index (χ3v) is 5.31. The van der Waals surface area contributed by atoms with Gasteiger partial charge in [0.2, 0.25) is 0 Å². The van der Waals surface area contributed by atoms with E-state index in [0.717, 1.165) is 17.7 Å². The predicted molar refractivity (Wildman–Crippen MR) is 118 cm³/mol. The molecule has 0 fully saturated rings. The summed E-state index contributed by atoms with van der Waals surface area (Å²) in [6.07, 6.45) is 6.06. The summed E-state index contributed by atoms with van der Waals surface area (Å²) in [5.74, 6) is 0.371. The van der Waals surface area contributed by atoms with Crippen molar-refractivity contribution in [2.24, 2.45) is 0 Å². The first-order chi connectivity index (χ1) is 14.8. The van der Waals surface area contributed by atoms with Gasteiger partial charge in [-0.15, -0.1) is 0 Å². The minimum absolute atomic E-state index is 0.184. The van der Waals surface area contributed by atoms with Crippen LogP contribution in [0.4, 0.5) is 11.5 Å². The molecule has 0 atom stereocenters. The fourth-order valence-corrected chi connectivity index (χ4v) is 3.84. The molecule has 0 spiro atoms. The number of rotatable bonds is 5. The molecule has 1 amide bonds. The zero-order valence-electron chi connectivity index (χ0n) is 16.3. The largest absolute Gasteiger partial charge is 0.365 e. The second kappa shape index (κ2) is 7.79. The molecular formula is C25H20N4O. The van der Waals surface area contributed by atoms with Crippen LogP contribution in [0.2, 0.25) is 0 Å². The molecule has 0 radical (unpaired) electrons. The average molecular weight is 392 g/mol. The Balaban J connectivity index is 1.33. The molecule has 1 aliphatic carbocycles. The van der Waals surface area contributed by atoms with Crippen molar-refractivity contribution in [3.8, 4) is 11.1 Å². The molecule has 5 rings (SSSR count). The minimum Gasteiger partial charge on any atom is -0.365 e. The van der Waals surface area contributed by atoms with Crippen molar-refractivity contribution in [3.63, 3.8) is 0 Å². The van der Waals surface area contributed by atoms with E-state index in [1.807, 2.05) is 18.2 Å². The van der Waals surface area contributed by atoms with Crippen LogP contribution in [-0.4, -0.2) is 15.9 Å². The Morgan fingerprint density at radius 1 is 0.867 bits per heavy atom. The number of nitrogens with zero attached hydrogens (tertiary/aromatic N) is 2. The van der Waals surface area contributed by atoms with Gasteiger partial charge in [0.15, 0.2) is 0 Å². The summed E-state index contributed by atoms with van der Waals surface area (Å²) in [6.45, 7) is 0.566. The van der Waals surface area contributed by atoms with Gasteiger partial charge in [-0.3, -0.25) is 9.78 Å². The Morgan fingerprint density at radius 2 is 1.70 bits per heavy atom. The normalized spacial score (nSPS) is 11.5. The fourth-order valence-electron chi connectivity index (χ4n) is 3.84. The van der Waals surface area contributed by atoms with E-state index < -0.39 is 0 Å². The number of carbonyl (C=O) groups is 1. The van der Waals surface area contributed by atoms with Gasteiger partial charge in [0.05, 0.1) is 5.56 Å². The van der Waals surface area contributed by atoms with E-state index in [0.29, 0.717) is 17.9 Å². The quantitative estimate of drug-likeness (QED) is 0.446. The number of amides is 1. The van der Waals surface area contributed by atoms with E-state index in [1.54, 1.807) is 30.7 Å². The van der Waals surface area contributed by atoms with Gasteiger partial charge in [0.1, 0.15) is 5.82 Å². The Hall–Kier alpha value is -3.99. The van der Waals surface area contributed by atoms with Crippen LogP contribution in [0.25, 0.3) is 11.1 Å². The lowest BCUT2D eigenvalue weighted by Gasteiger charge is -2.12. The molecule has 2 N–H and O–H groups in total. The maximum absolute atomic E-state index is 13.0. The highest BCUT2D eigenvalue weighted by Crippen LogP contribution is 2.37. The van der Waals surface area contributed by atoms with E-state index in [-0.39, 0.29) is 5.91 Å². The number of pyridine rings is 2. The molecule has 0 saturated heterocycles. The molecule has 0 saturated carbocycles. The molecule has 1 aliphatic rings. The van der Waals surface area contributed by atoms with Gasteiger partial charge < -0.3 is 10.6 Å². The van der Waals surface area contributed by atoms with Crippen molar-refractivity contribution in [3.05, 3.63) is 108 Å². The second-order valence-corrected chi connectivity index (χ2v) is 7.27. The summed E-state index contributed by atoms with van der Waals surface area (Å²) in [6, 6.07) is 21.9. The zero-order valence-corrected chi connectivity index (χ0v) is 16.3. The van der Waals surface area contributed by atoms with Gasteiger partial charge in [0.25, 0.3) is 5.91 Å². The number of carbonyl (C=O) groups excluding carboxylic acids is 1. The van der Waals surface area contributed by atoms with Crippen LogP contribution in [0.3, 0.4) is 0 Å². The number of anilines is 2. The topological polar surface area (TPSA) is 66.9 Å². The predicted octanol–water partition coefficient (Wildman–Crippen LogP) is 4.91. The first-order valence-corrected chi connectivity index (χ1v) is 9.88. The standard InChI is InChI=1S/C25H20N4O/c30-25(23-6-3-11-27-24(23)28-16-17-9-12-26-13-10-17)29-20-7-8-22-19(15-20)14-18-4-1-2-5-21(18)22/h1-13,15H,14,16H2,(H,27,28)(H,29,30). The van der Waals surface area contributed by atoms with Gasteiger partial charge in [0, 0.05) is 30.8 Å². The van der Waals surface area contributed by atoms with E-state index >= 15 is 0 Å². The summed E-state index contributed by atoms with van der Waals surface area (Å²) < 4.78 is 0. The molecule has 2 aromatic carbocycles. The summed E-state index contributed by atoms with van der Waals surface area (Å²) in [5, 5.41) is 6.27. The van der Waals surface area contributed by atoms with Crippen molar-refractivity contribution >= 4 is 17.4 Å². The number of hydrogen-bond donors (Lipinski definition) is 2. The Kier molecular flexibility index (Phi) is 4.69. The van der Waals surface area contributed by atoms with E-state index in [9.17, 15) is 4.79 Å². The van der Waals surface area contributed by atoms with Gasteiger partial charge in [-0.1, -0.05) is 30.3 Å². The highest BCUT2D eigenvalue weighted by atomic mass is 16.1. The van der Waals surface area contributed by atoms with E-state index in [1.165, 1.54) is 22.3 Å². The number of nitrogens with one attached hydrogen (secondary N) is 2. The molecule has 0 bridgehead atoms. The first kappa shape index (κ1) is 18.1. The molecule has 5 nitrogen and oxygen atoms in total. The number of aromatic nitrogens is 2. The van der Waals surface area contributed by atoms with Crippen LogP contribution in [-0.2, 0) is 13.0 Å². The molecule has 146 valence electrons. The summed E-state index contributed by atoms with van der Waals surface area (Å²) in [4.78, 5) is 21.3. The molecular weight excluding hydrogens is 372 g/mol. The Morgan fingerprint density at radius 3 is 2.60 bits per heavy atom. The zero-order chi connectivity index (χ0) is 20.3. The van der Waals surface area contributed by atoms with Crippen LogP contribution in [0.15, 0.2) is 85.3 Å². The molecule has 2 aromatic heterocycles. The van der Waals surface area contributed by atoms with Gasteiger partial charge in [-0.2, -0.15) is 0 Å². The summed E-state index contributed by atoms with van der Waals surface area (Å²) in [5.41, 5.74) is 7.44. The lowest BCUT2D eigenvalue weighted by atomic mass is 10.1. The maximum atomic E-state index is 13.0. The van der Waals surface area contributed by atoms with Crippen molar-refractivity contribution in [2.75, 3.05) is 10.6 Å². The minimum atomic E-state index is -0.184. The second-order valence-electron chi connectivity index (χ2n) is 7.27. The van der Waals surface area contributed by atoms with Crippen LogP contribution >= 0.6 is 0 Å². The molecule has 0 unspecified atom stereocenters. The molecule has 2 heterocycles. The number of benzene rings is 2. The van der Waals surface area contributed by atoms with Crippen LogP contribution in [0.5, 0.6) is 0 Å². The van der Waals surface area contributed by atoms with Crippen molar-refractivity contribution in [2.45, 2.75) is 13.0 Å². The lowest BCUT2D eigenvalue weighted by Crippen LogP contribution is -2.15. The third kappa shape index (κ3) is 3.53. The summed E-state index contributed by atoms with van der Waals surface area (Å²) in [7, 11) is 0. The SMILES string of the molecule is O=C(Nc1ccc2c(c1)Cc1ccccc1-2)c1cccnc1NCc1ccncc1. The number of fused-ring (bicyclic) bond motifs is 3. The van der Waals surface area contributed by atoms with Crippen molar-refractivity contribution in [1.82, 2.24) is 9.97 Å². The lowest BCUT2D eigenvalue weighted by molar-refractivity contribution is 0.102. The fraction of sp³-hybridized carbons (Fsp3) is 0.0800. The molecule has 30 heavy (non-hydrogen) atoms. The van der Waals surface area contributed by atoms with E-state index in [2.05, 4.69) is 57.0 Å². The van der Waals surface area contributed by atoms with Crippen LogP contribution in [0, 0.1) is 0 Å². The highest BCUT2D eigenvalue weighted by Gasteiger charge is 2.19. The monoisotopic (exact) mass is 392 g/mol. The Labute approximate surface area is 174 Å². The molecule has 5 heteroatoms. The molecule has 0 aliphatic heterocycles. The van der Waals surface area contributed by atoms with Crippen molar-refractivity contribution in [1.29, 1.82) is 0 Å². The highest BCUT2D eigenvalue weighted by molar-refractivity contribution is 6.07. The summed E-state index contributed by atoms with van der Waals surface area (Å²) >= 11 is 0. The van der Waals surface area contributed by atoms with Crippen LogP contribution in [0.1, 0.15) is 27.0 Å². The van der Waals surface area contributed by atoms with Gasteiger partial charge >= 0.3 is 0 Å². The maximum Gasteiger partial charge on any atom is 0.259 e. The van der Waals surface area contributed by atoms with Crippen molar-refractivity contribution < 1.29 is 4.79 Å². The third-order valence-electron chi connectivity index (χ3n) is 5.31. The van der Waals surface area contributed by atoms with Crippen LogP contribution < -0.4 is 10.6 Å². The average Bonchev–Trinajstić information content (AvgIpc) is 3.16. The smallest absolute Gasteiger partial charge is 0.259 e. The molecule has 4 aromatic rings. The van der Waals surface area contributed by atoms with Gasteiger partial charge in [-0.05, 0) is 70.6 Å². The first-order valence-electron chi connectivity index (χ1n) is 9.88.